The summed E-state index contributed by atoms with van der Waals surface area (Å²) in [5, 5.41) is 5.77. The molecule has 0 aliphatic carbocycles. The molecule has 1 saturated heterocycles. The number of piperidine rings is 1. The van der Waals surface area contributed by atoms with Gasteiger partial charge in [-0.25, -0.2) is 9.78 Å². The summed E-state index contributed by atoms with van der Waals surface area (Å²) >= 11 is 0. The highest BCUT2D eigenvalue weighted by molar-refractivity contribution is 5.75. The van der Waals surface area contributed by atoms with E-state index in [-0.39, 0.29) is 24.1 Å². The summed E-state index contributed by atoms with van der Waals surface area (Å²) in [6.45, 7) is 7.06. The van der Waals surface area contributed by atoms with Gasteiger partial charge < -0.3 is 20.3 Å². The van der Waals surface area contributed by atoms with Crippen LogP contribution in [-0.4, -0.2) is 47.1 Å². The molecule has 2 rings (SSSR count). The molecule has 0 unspecified atom stereocenters. The topological polar surface area (TPSA) is 83.6 Å². The number of hydrogen-bond acceptors (Lipinski definition) is 4. The average Bonchev–Trinajstić information content (AvgIpc) is 2.53. The summed E-state index contributed by atoms with van der Waals surface area (Å²) < 4.78 is 5.49. The van der Waals surface area contributed by atoms with Gasteiger partial charge in [0, 0.05) is 44.9 Å². The highest BCUT2D eigenvalue weighted by Crippen LogP contribution is 2.12. The van der Waals surface area contributed by atoms with E-state index in [9.17, 15) is 9.59 Å². The number of carbonyl (C=O) groups is 2. The SMILES string of the molecule is CC(=O)N[C@@H]1CCCN(C(=O)NCc2ccc(OC(C)C)nc2)C1. The van der Waals surface area contributed by atoms with Crippen molar-refractivity contribution in [1.82, 2.24) is 20.5 Å². The van der Waals surface area contributed by atoms with Crippen molar-refractivity contribution < 1.29 is 14.3 Å². The zero-order chi connectivity index (χ0) is 17.5. The van der Waals surface area contributed by atoms with Crippen LogP contribution in [0.25, 0.3) is 0 Å². The van der Waals surface area contributed by atoms with Gasteiger partial charge in [-0.2, -0.15) is 0 Å². The van der Waals surface area contributed by atoms with Crippen molar-refractivity contribution in [3.05, 3.63) is 23.9 Å². The minimum atomic E-state index is -0.118. The molecule has 0 radical (unpaired) electrons. The predicted molar refractivity (Wildman–Crippen MR) is 90.6 cm³/mol. The number of amides is 3. The van der Waals surface area contributed by atoms with Crippen molar-refractivity contribution in [3.8, 4) is 5.88 Å². The molecule has 1 fully saturated rings. The Morgan fingerprint density at radius 2 is 2.21 bits per heavy atom. The zero-order valence-corrected chi connectivity index (χ0v) is 14.5. The van der Waals surface area contributed by atoms with E-state index in [0.29, 0.717) is 25.5 Å². The fourth-order valence-electron chi connectivity index (χ4n) is 2.68. The third kappa shape index (κ3) is 5.72. The van der Waals surface area contributed by atoms with E-state index in [1.807, 2.05) is 19.9 Å². The molecule has 7 nitrogen and oxygen atoms in total. The first kappa shape index (κ1) is 18.0. The summed E-state index contributed by atoms with van der Waals surface area (Å²) in [5.74, 6) is 0.520. The van der Waals surface area contributed by atoms with Crippen molar-refractivity contribution in [1.29, 1.82) is 0 Å². The normalized spacial score (nSPS) is 17.5. The van der Waals surface area contributed by atoms with Crippen molar-refractivity contribution in [2.75, 3.05) is 13.1 Å². The lowest BCUT2D eigenvalue weighted by Gasteiger charge is -2.33. The smallest absolute Gasteiger partial charge is 0.317 e. The number of rotatable bonds is 5. The molecule has 3 amide bonds. The minimum Gasteiger partial charge on any atom is -0.475 e. The van der Waals surface area contributed by atoms with Crippen molar-refractivity contribution in [2.45, 2.75) is 52.3 Å². The molecule has 132 valence electrons. The average molecular weight is 334 g/mol. The number of likely N-dealkylation sites (tertiary alicyclic amines) is 1. The van der Waals surface area contributed by atoms with Crippen molar-refractivity contribution >= 4 is 11.9 Å². The van der Waals surface area contributed by atoms with Crippen molar-refractivity contribution in [3.63, 3.8) is 0 Å². The van der Waals surface area contributed by atoms with Gasteiger partial charge in [-0.1, -0.05) is 6.07 Å². The third-order valence-electron chi connectivity index (χ3n) is 3.71. The minimum absolute atomic E-state index is 0.0381. The second kappa shape index (κ2) is 8.52. The van der Waals surface area contributed by atoms with Gasteiger partial charge >= 0.3 is 6.03 Å². The monoisotopic (exact) mass is 334 g/mol. The van der Waals surface area contributed by atoms with E-state index in [1.165, 1.54) is 6.92 Å². The summed E-state index contributed by atoms with van der Waals surface area (Å²) in [5.41, 5.74) is 0.912. The van der Waals surface area contributed by atoms with Crippen LogP contribution in [0.2, 0.25) is 0 Å². The fraction of sp³-hybridized carbons (Fsp3) is 0.588. The molecule has 0 bridgehead atoms. The zero-order valence-electron chi connectivity index (χ0n) is 14.5. The maximum atomic E-state index is 12.3. The maximum Gasteiger partial charge on any atom is 0.317 e. The quantitative estimate of drug-likeness (QED) is 0.858. The Labute approximate surface area is 142 Å². The molecule has 1 atom stereocenters. The number of ether oxygens (including phenoxy) is 1. The standard InChI is InChI=1S/C17H26N4O3/c1-12(2)24-16-7-6-14(9-18-16)10-19-17(23)21-8-4-5-15(11-21)20-13(3)22/h6-7,9,12,15H,4-5,8,10-11H2,1-3H3,(H,19,23)(H,20,22)/t15-/m1/s1. The molecule has 1 aromatic heterocycles. The third-order valence-corrected chi connectivity index (χ3v) is 3.71. The first-order chi connectivity index (χ1) is 11.4. The number of aromatic nitrogens is 1. The van der Waals surface area contributed by atoms with E-state index < -0.39 is 0 Å². The summed E-state index contributed by atoms with van der Waals surface area (Å²) in [6.07, 6.45) is 3.58. The molecule has 2 heterocycles. The van der Waals surface area contributed by atoms with E-state index >= 15 is 0 Å². The largest absolute Gasteiger partial charge is 0.475 e. The second-order valence-corrected chi connectivity index (χ2v) is 6.32. The predicted octanol–water partition coefficient (Wildman–Crippen LogP) is 1.68. The number of nitrogens with one attached hydrogen (secondary N) is 2. The molecule has 7 heteroatoms. The Morgan fingerprint density at radius 1 is 1.42 bits per heavy atom. The Kier molecular flexibility index (Phi) is 6.40. The van der Waals surface area contributed by atoms with Crippen LogP contribution in [0.4, 0.5) is 4.79 Å². The van der Waals surface area contributed by atoms with Gasteiger partial charge in [0.15, 0.2) is 0 Å². The van der Waals surface area contributed by atoms with Gasteiger partial charge in [0.2, 0.25) is 11.8 Å². The Morgan fingerprint density at radius 3 is 2.83 bits per heavy atom. The molecule has 1 aliphatic rings. The fourth-order valence-corrected chi connectivity index (χ4v) is 2.68. The lowest BCUT2D eigenvalue weighted by molar-refractivity contribution is -0.119. The molecule has 0 saturated carbocycles. The molecular weight excluding hydrogens is 308 g/mol. The molecule has 1 aromatic rings. The number of nitrogens with zero attached hydrogens (tertiary/aromatic N) is 2. The van der Waals surface area contributed by atoms with Gasteiger partial charge in [0.25, 0.3) is 0 Å². The van der Waals surface area contributed by atoms with Gasteiger partial charge in [0.1, 0.15) is 0 Å². The van der Waals surface area contributed by atoms with Crippen LogP contribution >= 0.6 is 0 Å². The highest BCUT2D eigenvalue weighted by atomic mass is 16.5. The maximum absolute atomic E-state index is 12.3. The number of hydrogen-bond donors (Lipinski definition) is 2. The van der Waals surface area contributed by atoms with Crippen LogP contribution in [0.3, 0.4) is 0 Å². The van der Waals surface area contributed by atoms with Crippen LogP contribution in [0.5, 0.6) is 5.88 Å². The highest BCUT2D eigenvalue weighted by Gasteiger charge is 2.23. The van der Waals surface area contributed by atoms with Gasteiger partial charge in [-0.15, -0.1) is 0 Å². The van der Waals surface area contributed by atoms with Crippen LogP contribution in [0, 0.1) is 0 Å². The molecule has 0 spiro atoms. The Bertz CT molecular complexity index is 559. The van der Waals surface area contributed by atoms with E-state index in [2.05, 4.69) is 15.6 Å². The van der Waals surface area contributed by atoms with Crippen molar-refractivity contribution in [2.24, 2.45) is 0 Å². The lowest BCUT2D eigenvalue weighted by atomic mass is 10.1. The summed E-state index contributed by atoms with van der Waals surface area (Å²) in [7, 11) is 0. The van der Waals surface area contributed by atoms with E-state index in [1.54, 1.807) is 17.2 Å². The Balaban J connectivity index is 1.80. The molecular formula is C17H26N4O3. The summed E-state index contributed by atoms with van der Waals surface area (Å²) in [6, 6.07) is 3.61. The van der Waals surface area contributed by atoms with Crippen LogP contribution in [0.1, 0.15) is 39.2 Å². The second-order valence-electron chi connectivity index (χ2n) is 6.32. The number of urea groups is 1. The molecule has 2 N–H and O–H groups in total. The van der Waals surface area contributed by atoms with Gasteiger partial charge in [-0.3, -0.25) is 4.79 Å². The Hall–Kier alpha value is -2.31. The lowest BCUT2D eigenvalue weighted by Crippen LogP contribution is -2.51. The van der Waals surface area contributed by atoms with Crippen LogP contribution < -0.4 is 15.4 Å². The van der Waals surface area contributed by atoms with Crippen LogP contribution in [-0.2, 0) is 11.3 Å². The van der Waals surface area contributed by atoms with Gasteiger partial charge in [0.05, 0.1) is 6.10 Å². The molecule has 1 aliphatic heterocycles. The first-order valence-corrected chi connectivity index (χ1v) is 8.35. The first-order valence-electron chi connectivity index (χ1n) is 8.35. The van der Waals surface area contributed by atoms with E-state index in [4.69, 9.17) is 4.74 Å². The molecule has 24 heavy (non-hydrogen) atoms. The summed E-state index contributed by atoms with van der Waals surface area (Å²) in [4.78, 5) is 29.4. The number of carbonyl (C=O) groups excluding carboxylic acids is 2. The van der Waals surface area contributed by atoms with E-state index in [0.717, 1.165) is 18.4 Å². The van der Waals surface area contributed by atoms with Crippen LogP contribution in [0.15, 0.2) is 18.3 Å². The molecule has 0 aromatic carbocycles. The number of pyridine rings is 1. The van der Waals surface area contributed by atoms with Gasteiger partial charge in [-0.05, 0) is 32.3 Å².